The van der Waals surface area contributed by atoms with E-state index >= 15 is 0 Å². The second-order valence-electron chi connectivity index (χ2n) is 12.0. The molecule has 0 aliphatic carbocycles. The van der Waals surface area contributed by atoms with Gasteiger partial charge >= 0.3 is 5.97 Å². The Bertz CT molecular complexity index is 1920. The largest absolute Gasteiger partial charge is 0.477 e. The van der Waals surface area contributed by atoms with Gasteiger partial charge in [0.25, 0.3) is 5.91 Å². The molecule has 0 bridgehead atoms. The van der Waals surface area contributed by atoms with Crippen molar-refractivity contribution in [3.63, 3.8) is 0 Å². The van der Waals surface area contributed by atoms with Crippen LogP contribution in [0.2, 0.25) is 0 Å². The topological polar surface area (TPSA) is 114 Å². The van der Waals surface area contributed by atoms with E-state index in [2.05, 4.69) is 45.9 Å². The van der Waals surface area contributed by atoms with Crippen LogP contribution in [0.4, 0.5) is 13.2 Å². The number of carbonyl (C=O) groups is 2. The van der Waals surface area contributed by atoms with Crippen LogP contribution in [0.1, 0.15) is 57.1 Å². The summed E-state index contributed by atoms with van der Waals surface area (Å²) in [6, 6.07) is 15.1. The molecule has 0 unspecified atom stereocenters. The summed E-state index contributed by atoms with van der Waals surface area (Å²) in [5.41, 5.74) is 2.04. The van der Waals surface area contributed by atoms with Crippen LogP contribution in [0, 0.1) is 41.1 Å². The molecule has 50 heavy (non-hydrogen) atoms. The number of aromatic nitrogens is 2. The number of hydrogen-bond donors (Lipinski definition) is 2. The van der Waals surface area contributed by atoms with Gasteiger partial charge in [-0.2, -0.15) is 0 Å². The zero-order valence-corrected chi connectivity index (χ0v) is 27.9. The number of benzene rings is 2. The summed E-state index contributed by atoms with van der Waals surface area (Å²) in [6.07, 6.45) is 2.82. The molecule has 258 valence electrons. The second kappa shape index (κ2) is 16.7. The first-order chi connectivity index (χ1) is 23.8. The molecule has 2 fully saturated rings. The maximum Gasteiger partial charge on any atom is 0.354 e. The first kappa shape index (κ1) is 37.3. The van der Waals surface area contributed by atoms with Gasteiger partial charge in [0, 0.05) is 36.1 Å². The molecule has 2 saturated heterocycles. The number of aromatic carboxylic acids is 1. The predicted molar refractivity (Wildman–Crippen MR) is 180 cm³/mol. The molecule has 4 aromatic rings. The lowest BCUT2D eigenvalue weighted by Gasteiger charge is -2.45. The van der Waals surface area contributed by atoms with Crippen LogP contribution in [0.25, 0.3) is 0 Å². The summed E-state index contributed by atoms with van der Waals surface area (Å²) in [7, 11) is 3.72. The molecule has 12 heteroatoms. The summed E-state index contributed by atoms with van der Waals surface area (Å²) in [5.74, 6) is 8.16. The Kier molecular flexibility index (Phi) is 12.5. The van der Waals surface area contributed by atoms with Crippen molar-refractivity contribution in [2.75, 3.05) is 40.5 Å². The monoisotopic (exact) mass is 684 g/mol. The van der Waals surface area contributed by atoms with E-state index < -0.39 is 17.6 Å². The van der Waals surface area contributed by atoms with Crippen molar-refractivity contribution in [2.45, 2.75) is 24.9 Å². The predicted octanol–water partition coefficient (Wildman–Crippen LogP) is 4.93. The lowest BCUT2D eigenvalue weighted by atomic mass is 9.98. The zero-order valence-electron chi connectivity index (χ0n) is 27.9. The highest BCUT2D eigenvalue weighted by molar-refractivity contribution is 5.92. The molecule has 2 aliphatic rings. The summed E-state index contributed by atoms with van der Waals surface area (Å²) >= 11 is 0. The first-order valence-corrected chi connectivity index (χ1v) is 15.3. The summed E-state index contributed by atoms with van der Waals surface area (Å²) < 4.78 is 49.2. The number of nitrogens with zero attached hydrogens (tertiary/aromatic N) is 3. The third-order valence-electron chi connectivity index (χ3n) is 7.82. The van der Waals surface area contributed by atoms with Crippen molar-refractivity contribution in [3.8, 4) is 23.7 Å². The zero-order chi connectivity index (χ0) is 36.3. The number of amides is 1. The van der Waals surface area contributed by atoms with Gasteiger partial charge in [0.2, 0.25) is 0 Å². The van der Waals surface area contributed by atoms with Gasteiger partial charge in [-0.3, -0.25) is 4.79 Å². The van der Waals surface area contributed by atoms with E-state index in [1.807, 2.05) is 14.0 Å². The Labute approximate surface area is 288 Å². The highest BCUT2D eigenvalue weighted by Crippen LogP contribution is 2.24. The summed E-state index contributed by atoms with van der Waals surface area (Å²) in [5, 5.41) is 11.8. The molecular weight excluding hydrogens is 649 g/mol. The Balaban J connectivity index is 0.000000192. The second-order valence-corrected chi connectivity index (χ2v) is 12.0. The fourth-order valence-electron chi connectivity index (χ4n) is 4.16. The lowest BCUT2D eigenvalue weighted by Crippen LogP contribution is -2.60. The van der Waals surface area contributed by atoms with Crippen LogP contribution in [0.15, 0.2) is 79.1 Å². The Hall–Kier alpha value is -5.53. The van der Waals surface area contributed by atoms with Crippen LogP contribution >= 0.6 is 0 Å². The molecule has 2 N–H and O–H groups in total. The molecule has 0 spiro atoms. The van der Waals surface area contributed by atoms with E-state index in [-0.39, 0.29) is 28.5 Å². The molecular formula is C38H35F3N4O5. The van der Waals surface area contributed by atoms with Crippen LogP contribution in [0.3, 0.4) is 0 Å². The van der Waals surface area contributed by atoms with Crippen LogP contribution in [0.5, 0.6) is 0 Å². The third kappa shape index (κ3) is 10.2. The molecule has 0 radical (unpaired) electrons. The smallest absolute Gasteiger partial charge is 0.354 e. The van der Waals surface area contributed by atoms with Gasteiger partial charge < -0.3 is 24.8 Å². The Morgan fingerprint density at radius 2 is 1.28 bits per heavy atom. The number of pyridine rings is 2. The van der Waals surface area contributed by atoms with E-state index in [9.17, 15) is 22.8 Å². The number of carboxylic acids is 1. The van der Waals surface area contributed by atoms with E-state index in [1.54, 1.807) is 42.4 Å². The van der Waals surface area contributed by atoms with Crippen molar-refractivity contribution in [3.05, 3.63) is 130 Å². The van der Waals surface area contributed by atoms with Crippen molar-refractivity contribution in [1.82, 2.24) is 20.2 Å². The minimum absolute atomic E-state index is 0.0673. The van der Waals surface area contributed by atoms with Crippen molar-refractivity contribution < 1.29 is 37.3 Å². The third-order valence-corrected chi connectivity index (χ3v) is 7.82. The van der Waals surface area contributed by atoms with Crippen LogP contribution < -0.4 is 5.32 Å². The SMILES string of the molecule is CN(C(=O)c1ccc(C#Cc2ccc(F)cc2)cn1)C1(C)COC1.CNC1(C)COC1.O=C(O)c1ccc(C#Cc2cc(F)ccc2F)cn1. The average molecular weight is 685 g/mol. The van der Waals surface area contributed by atoms with Gasteiger partial charge in [-0.25, -0.2) is 27.9 Å². The maximum absolute atomic E-state index is 13.3. The van der Waals surface area contributed by atoms with E-state index in [1.165, 1.54) is 30.5 Å². The van der Waals surface area contributed by atoms with E-state index in [0.29, 0.717) is 41.1 Å². The molecule has 1 amide bonds. The normalized spacial score (nSPS) is 14.5. The van der Waals surface area contributed by atoms with Gasteiger partial charge in [0.15, 0.2) is 0 Å². The van der Waals surface area contributed by atoms with Crippen molar-refractivity contribution >= 4 is 11.9 Å². The fraction of sp³-hybridized carbons (Fsp3) is 0.263. The van der Waals surface area contributed by atoms with Gasteiger partial charge in [-0.1, -0.05) is 23.7 Å². The minimum Gasteiger partial charge on any atom is -0.477 e. The number of nitrogens with one attached hydrogen (secondary N) is 1. The molecule has 2 aromatic carbocycles. The molecule has 4 heterocycles. The molecule has 0 saturated carbocycles. The maximum atomic E-state index is 13.3. The highest BCUT2D eigenvalue weighted by Gasteiger charge is 2.40. The quantitative estimate of drug-likeness (QED) is 0.291. The number of likely N-dealkylation sites (N-methyl/N-ethyl adjacent to an activating group) is 2. The summed E-state index contributed by atoms with van der Waals surface area (Å²) in [4.78, 5) is 32.6. The summed E-state index contributed by atoms with van der Waals surface area (Å²) in [6.45, 7) is 6.94. The number of carboxylic acid groups (broad SMARTS) is 1. The van der Waals surface area contributed by atoms with Crippen molar-refractivity contribution in [1.29, 1.82) is 0 Å². The van der Waals surface area contributed by atoms with Gasteiger partial charge in [-0.05, 0) is 87.6 Å². The Morgan fingerprint density at radius 1 is 0.760 bits per heavy atom. The number of carbonyl (C=O) groups excluding carboxylic acids is 1. The number of hydrogen-bond acceptors (Lipinski definition) is 7. The molecule has 0 atom stereocenters. The van der Waals surface area contributed by atoms with E-state index in [0.717, 1.165) is 31.4 Å². The molecule has 2 aromatic heterocycles. The molecule has 2 aliphatic heterocycles. The number of halogens is 3. The number of ether oxygens (including phenoxy) is 2. The minimum atomic E-state index is -1.14. The van der Waals surface area contributed by atoms with E-state index in [4.69, 9.17) is 14.6 Å². The van der Waals surface area contributed by atoms with Crippen LogP contribution in [-0.4, -0.2) is 83.5 Å². The standard InChI is InChI=1S/C19H17FN2O2.C14H7F2NO2.C5H11NO/c1-19(12-24-13-19)22(2)18(23)17-10-7-15(11-21-17)4-3-14-5-8-16(20)9-6-14;15-11-4-5-12(16)10(7-11)3-1-9-2-6-13(14(18)19)17-8-9;1-5(6-2)3-7-4-5/h5-11H,12-13H2,1-2H3;2,4-8H,(H,18,19);6H,3-4H2,1-2H3. The molecule has 6 rings (SSSR count). The fourth-order valence-corrected chi connectivity index (χ4v) is 4.16. The Morgan fingerprint density at radius 3 is 1.74 bits per heavy atom. The van der Waals surface area contributed by atoms with Gasteiger partial charge in [-0.15, -0.1) is 0 Å². The van der Waals surface area contributed by atoms with Gasteiger partial charge in [0.05, 0.1) is 43.1 Å². The van der Waals surface area contributed by atoms with Crippen molar-refractivity contribution in [2.24, 2.45) is 0 Å². The highest BCUT2D eigenvalue weighted by atomic mass is 19.1. The molecule has 9 nitrogen and oxygen atoms in total. The first-order valence-electron chi connectivity index (χ1n) is 15.3. The number of rotatable bonds is 4. The van der Waals surface area contributed by atoms with Crippen LogP contribution in [-0.2, 0) is 9.47 Å². The van der Waals surface area contributed by atoms with Gasteiger partial charge in [0.1, 0.15) is 28.8 Å². The average Bonchev–Trinajstić information content (AvgIpc) is 3.10. The lowest BCUT2D eigenvalue weighted by molar-refractivity contribution is -0.108.